The van der Waals surface area contributed by atoms with Crippen LogP contribution in [0.5, 0.6) is 0 Å². The Kier molecular flexibility index (Phi) is 6.75. The lowest BCUT2D eigenvalue weighted by Gasteiger charge is -2.08. The van der Waals surface area contributed by atoms with Crippen LogP contribution in [0.1, 0.15) is 45.8 Å². The maximum Gasteiger partial charge on any atom is 0.245 e. The third-order valence-electron chi connectivity index (χ3n) is 3.97. The molecule has 2 rings (SSSR count). The Morgan fingerprint density at radius 3 is 2.91 bits per heavy atom. The van der Waals surface area contributed by atoms with Crippen LogP contribution in [-0.2, 0) is 22.4 Å². The van der Waals surface area contributed by atoms with Gasteiger partial charge < -0.3 is 10.1 Å². The molecular weight excluding hydrogens is 312 g/mol. The maximum atomic E-state index is 12.5. The van der Waals surface area contributed by atoms with Gasteiger partial charge in [-0.2, -0.15) is 5.26 Å². The molecule has 0 aliphatic heterocycles. The van der Waals surface area contributed by atoms with Crippen molar-refractivity contribution in [2.24, 2.45) is 5.92 Å². The summed E-state index contributed by atoms with van der Waals surface area (Å²) in [6.45, 7) is 0.933. The molecule has 0 radical (unpaired) electrons. The van der Waals surface area contributed by atoms with Crippen LogP contribution in [0.3, 0.4) is 0 Å². The predicted octanol–water partition coefficient (Wildman–Crippen LogP) is 2.49. The van der Waals surface area contributed by atoms with Crippen LogP contribution in [0.15, 0.2) is 6.07 Å². The normalized spacial score (nSPS) is 15.1. The van der Waals surface area contributed by atoms with Gasteiger partial charge in [0.15, 0.2) is 11.7 Å². The van der Waals surface area contributed by atoms with Crippen LogP contribution in [0.25, 0.3) is 0 Å². The van der Waals surface area contributed by atoms with Crippen molar-refractivity contribution in [1.82, 2.24) is 5.32 Å². The predicted molar refractivity (Wildman–Crippen MR) is 88.5 cm³/mol. The zero-order valence-corrected chi connectivity index (χ0v) is 14.2. The number of ketones is 1. The number of carbonyl (C=O) groups is 2. The van der Waals surface area contributed by atoms with Crippen molar-refractivity contribution < 1.29 is 14.3 Å². The summed E-state index contributed by atoms with van der Waals surface area (Å²) in [6.07, 6.45) is 6.13. The van der Waals surface area contributed by atoms with E-state index in [1.807, 2.05) is 12.1 Å². The molecule has 124 valence electrons. The SMILES string of the molecule is COCCCNC(=O)[C@H](C#N)C(=O)c1cc2c(s1)CCCCC2. The number of amides is 1. The van der Waals surface area contributed by atoms with Gasteiger partial charge in [-0.1, -0.05) is 6.42 Å². The first-order chi connectivity index (χ1) is 11.2. The Labute approximate surface area is 140 Å². The highest BCUT2D eigenvalue weighted by Gasteiger charge is 2.29. The van der Waals surface area contributed by atoms with Crippen molar-refractivity contribution in [3.63, 3.8) is 0 Å². The van der Waals surface area contributed by atoms with E-state index in [2.05, 4.69) is 5.32 Å². The molecule has 1 N–H and O–H groups in total. The lowest BCUT2D eigenvalue weighted by atomic mass is 10.0. The van der Waals surface area contributed by atoms with Gasteiger partial charge in [0.05, 0.1) is 10.9 Å². The van der Waals surface area contributed by atoms with Gasteiger partial charge in [-0.15, -0.1) is 11.3 Å². The smallest absolute Gasteiger partial charge is 0.245 e. The van der Waals surface area contributed by atoms with E-state index in [0.29, 0.717) is 24.4 Å². The van der Waals surface area contributed by atoms with Crippen LogP contribution >= 0.6 is 11.3 Å². The molecule has 1 atom stereocenters. The second-order valence-corrected chi connectivity index (χ2v) is 6.82. The summed E-state index contributed by atoms with van der Waals surface area (Å²) in [5.41, 5.74) is 1.22. The van der Waals surface area contributed by atoms with Crippen molar-refractivity contribution in [1.29, 1.82) is 5.26 Å². The van der Waals surface area contributed by atoms with Gasteiger partial charge in [0, 0.05) is 25.1 Å². The first-order valence-electron chi connectivity index (χ1n) is 7.99. The monoisotopic (exact) mass is 334 g/mol. The summed E-state index contributed by atoms with van der Waals surface area (Å²) in [7, 11) is 1.59. The zero-order chi connectivity index (χ0) is 16.7. The number of nitriles is 1. The maximum absolute atomic E-state index is 12.5. The largest absolute Gasteiger partial charge is 0.385 e. The van der Waals surface area contributed by atoms with Crippen molar-refractivity contribution >= 4 is 23.0 Å². The summed E-state index contributed by atoms with van der Waals surface area (Å²) in [6, 6.07) is 3.73. The number of Topliss-reactive ketones (excluding diaryl/α,β-unsaturated/α-hetero) is 1. The molecule has 5 nitrogen and oxygen atoms in total. The third-order valence-corrected chi connectivity index (χ3v) is 5.22. The van der Waals surface area contributed by atoms with Crippen molar-refractivity contribution in [3.05, 3.63) is 21.4 Å². The number of nitrogens with zero attached hydrogens (tertiary/aromatic N) is 1. The second-order valence-electron chi connectivity index (χ2n) is 5.68. The Morgan fingerprint density at radius 1 is 1.39 bits per heavy atom. The number of aryl methyl sites for hydroxylation is 2. The van der Waals surface area contributed by atoms with Crippen molar-refractivity contribution in [2.75, 3.05) is 20.3 Å². The molecule has 0 saturated carbocycles. The van der Waals surface area contributed by atoms with E-state index in [1.54, 1.807) is 7.11 Å². The average Bonchev–Trinajstić information content (AvgIpc) is 2.83. The zero-order valence-electron chi connectivity index (χ0n) is 13.4. The van der Waals surface area contributed by atoms with Crippen molar-refractivity contribution in [2.45, 2.75) is 38.5 Å². The fraction of sp³-hybridized carbons (Fsp3) is 0.588. The lowest BCUT2D eigenvalue weighted by Crippen LogP contribution is -2.35. The number of hydrogen-bond donors (Lipinski definition) is 1. The van der Waals surface area contributed by atoms with E-state index in [-0.39, 0.29) is 5.78 Å². The van der Waals surface area contributed by atoms with Crippen molar-refractivity contribution in [3.8, 4) is 6.07 Å². The number of ether oxygens (including phenoxy) is 1. The van der Waals surface area contributed by atoms with Gasteiger partial charge in [-0.05, 0) is 43.7 Å². The first kappa shape index (κ1) is 17.6. The molecule has 0 spiro atoms. The van der Waals surface area contributed by atoms with E-state index in [4.69, 9.17) is 4.74 Å². The molecule has 0 unspecified atom stereocenters. The number of carbonyl (C=O) groups excluding carboxylic acids is 2. The minimum atomic E-state index is -1.26. The minimum absolute atomic E-state index is 0.380. The Balaban J connectivity index is 2.02. The highest BCUT2D eigenvalue weighted by molar-refractivity contribution is 7.14. The lowest BCUT2D eigenvalue weighted by molar-refractivity contribution is -0.122. The molecule has 1 amide bonds. The molecule has 6 heteroatoms. The molecule has 1 aromatic heterocycles. The Bertz CT molecular complexity index is 580. The molecule has 0 aromatic carbocycles. The molecule has 0 bridgehead atoms. The summed E-state index contributed by atoms with van der Waals surface area (Å²) in [5.74, 6) is -2.16. The number of nitrogens with one attached hydrogen (secondary N) is 1. The minimum Gasteiger partial charge on any atom is -0.385 e. The first-order valence-corrected chi connectivity index (χ1v) is 8.81. The molecule has 0 fully saturated rings. The average molecular weight is 334 g/mol. The van der Waals surface area contributed by atoms with Crippen LogP contribution in [0.2, 0.25) is 0 Å². The Morgan fingerprint density at radius 2 is 2.17 bits per heavy atom. The quantitative estimate of drug-likeness (QED) is 0.360. The molecule has 0 saturated heterocycles. The summed E-state index contributed by atoms with van der Waals surface area (Å²) in [4.78, 5) is 26.3. The van der Waals surface area contributed by atoms with E-state index in [0.717, 1.165) is 25.7 Å². The molecular formula is C17H22N2O3S. The van der Waals surface area contributed by atoms with E-state index >= 15 is 0 Å². The molecule has 1 heterocycles. The van der Waals surface area contributed by atoms with Gasteiger partial charge in [-0.3, -0.25) is 9.59 Å². The van der Waals surface area contributed by atoms with Crippen LogP contribution < -0.4 is 5.32 Å². The molecule has 1 aliphatic rings. The van der Waals surface area contributed by atoms with E-state index < -0.39 is 11.8 Å². The topological polar surface area (TPSA) is 79.2 Å². The fourth-order valence-corrected chi connectivity index (χ4v) is 3.92. The summed E-state index contributed by atoms with van der Waals surface area (Å²) >= 11 is 1.45. The molecule has 23 heavy (non-hydrogen) atoms. The number of methoxy groups -OCH3 is 1. The van der Waals surface area contributed by atoms with Gasteiger partial charge >= 0.3 is 0 Å². The third kappa shape index (κ3) is 4.63. The summed E-state index contributed by atoms with van der Waals surface area (Å²) < 4.78 is 4.90. The van der Waals surface area contributed by atoms with Crippen LogP contribution in [0, 0.1) is 17.2 Å². The second kappa shape index (κ2) is 8.80. The van der Waals surface area contributed by atoms with Gasteiger partial charge in [-0.25, -0.2) is 0 Å². The molecule has 1 aliphatic carbocycles. The number of hydrogen-bond acceptors (Lipinski definition) is 5. The number of rotatable bonds is 7. The van der Waals surface area contributed by atoms with Gasteiger partial charge in [0.2, 0.25) is 5.91 Å². The Hall–Kier alpha value is -1.71. The summed E-state index contributed by atoms with van der Waals surface area (Å²) in [5, 5.41) is 11.9. The van der Waals surface area contributed by atoms with E-state index in [1.165, 1.54) is 28.2 Å². The highest BCUT2D eigenvalue weighted by atomic mass is 32.1. The van der Waals surface area contributed by atoms with Gasteiger partial charge in [0.25, 0.3) is 0 Å². The molecule has 1 aromatic rings. The highest BCUT2D eigenvalue weighted by Crippen LogP contribution is 2.30. The van der Waals surface area contributed by atoms with Crippen LogP contribution in [-0.4, -0.2) is 32.0 Å². The van der Waals surface area contributed by atoms with Crippen LogP contribution in [0.4, 0.5) is 0 Å². The van der Waals surface area contributed by atoms with Gasteiger partial charge in [0.1, 0.15) is 0 Å². The van der Waals surface area contributed by atoms with E-state index in [9.17, 15) is 14.9 Å². The number of fused-ring (bicyclic) bond motifs is 1. The fourth-order valence-electron chi connectivity index (χ4n) is 2.70. The number of thiophene rings is 1. The standard InChI is InChI=1S/C17H22N2O3S/c1-22-9-5-8-19-17(21)13(11-18)16(20)15-10-12-6-3-2-4-7-14(12)23-15/h10,13H,2-9H2,1H3,(H,19,21)/t13-/m1/s1.